The third-order valence-corrected chi connectivity index (χ3v) is 5.92. The van der Waals surface area contributed by atoms with Crippen molar-refractivity contribution in [1.29, 1.82) is 0 Å². The summed E-state index contributed by atoms with van der Waals surface area (Å²) in [7, 11) is 0. The molecule has 0 spiro atoms. The van der Waals surface area contributed by atoms with Gasteiger partial charge in [0.05, 0.1) is 21.7 Å². The predicted octanol–water partition coefficient (Wildman–Crippen LogP) is 3.56. The van der Waals surface area contributed by atoms with Crippen molar-refractivity contribution in [2.45, 2.75) is 6.54 Å². The summed E-state index contributed by atoms with van der Waals surface area (Å²) in [6, 6.07) is 14.3. The van der Waals surface area contributed by atoms with Crippen LogP contribution in [-0.4, -0.2) is 51.8 Å². The number of carbonyl (C=O) groups excluding carboxylic acids is 1. The van der Waals surface area contributed by atoms with E-state index in [0.29, 0.717) is 13.1 Å². The van der Waals surface area contributed by atoms with Gasteiger partial charge >= 0.3 is 0 Å². The number of carbonyl (C=O) groups is 1. The van der Waals surface area contributed by atoms with Gasteiger partial charge in [0.2, 0.25) is 5.91 Å². The molecule has 8 heteroatoms. The molecule has 0 unspecified atom stereocenters. The molecule has 1 saturated heterocycles. The molecule has 2 heterocycles. The standard InChI is InChI=1S/C21H20N4O3S/c26-21(10-7-16-5-8-17(9-6-16)25(27)28)24-13-11-23(12-14-24)15-20-22-18-3-1-2-4-19(18)29-20/h1-10H,11-15H2. The second-order valence-corrected chi connectivity index (χ2v) is 7.97. The van der Waals surface area contributed by atoms with Crippen LogP contribution in [0.5, 0.6) is 0 Å². The lowest BCUT2D eigenvalue weighted by Gasteiger charge is -2.33. The average molecular weight is 408 g/mol. The smallest absolute Gasteiger partial charge is 0.269 e. The Hall–Kier alpha value is -3.10. The molecule has 7 nitrogen and oxygen atoms in total. The number of non-ortho nitro benzene ring substituents is 1. The number of piperazine rings is 1. The minimum Gasteiger partial charge on any atom is -0.337 e. The van der Waals surface area contributed by atoms with Crippen molar-refractivity contribution < 1.29 is 9.72 Å². The van der Waals surface area contributed by atoms with E-state index in [1.54, 1.807) is 29.5 Å². The lowest BCUT2D eigenvalue weighted by atomic mass is 10.2. The second kappa shape index (κ2) is 8.50. The van der Waals surface area contributed by atoms with Gasteiger partial charge in [-0.3, -0.25) is 19.8 Å². The number of hydrogen-bond donors (Lipinski definition) is 0. The molecule has 1 aliphatic heterocycles. The molecule has 0 atom stereocenters. The van der Waals surface area contributed by atoms with E-state index in [1.165, 1.54) is 22.9 Å². The van der Waals surface area contributed by atoms with Crippen molar-refractivity contribution in [3.63, 3.8) is 0 Å². The third-order valence-electron chi connectivity index (χ3n) is 4.90. The van der Waals surface area contributed by atoms with Gasteiger partial charge < -0.3 is 4.90 Å². The van der Waals surface area contributed by atoms with Crippen LogP contribution in [0.15, 0.2) is 54.6 Å². The van der Waals surface area contributed by atoms with Gasteiger partial charge in [-0.25, -0.2) is 4.98 Å². The lowest BCUT2D eigenvalue weighted by Crippen LogP contribution is -2.47. The van der Waals surface area contributed by atoms with Crippen molar-refractivity contribution >= 4 is 39.2 Å². The van der Waals surface area contributed by atoms with Crippen molar-refractivity contribution in [2.24, 2.45) is 0 Å². The van der Waals surface area contributed by atoms with Gasteiger partial charge in [0.25, 0.3) is 5.69 Å². The summed E-state index contributed by atoms with van der Waals surface area (Å²) in [6.45, 7) is 3.78. The van der Waals surface area contributed by atoms with Gasteiger partial charge in [0, 0.05) is 44.4 Å². The molecule has 0 bridgehead atoms. The van der Waals surface area contributed by atoms with E-state index in [2.05, 4.69) is 16.0 Å². The maximum atomic E-state index is 12.4. The maximum Gasteiger partial charge on any atom is 0.269 e. The molecule has 3 aromatic rings. The topological polar surface area (TPSA) is 79.6 Å². The number of aromatic nitrogens is 1. The van der Waals surface area contributed by atoms with Crippen molar-refractivity contribution in [3.05, 3.63) is 75.3 Å². The number of nitro benzene ring substituents is 1. The summed E-state index contributed by atoms with van der Waals surface area (Å²) >= 11 is 1.72. The first-order valence-electron chi connectivity index (χ1n) is 9.37. The highest BCUT2D eigenvalue weighted by Crippen LogP contribution is 2.23. The molecular formula is C21H20N4O3S. The van der Waals surface area contributed by atoms with Crippen LogP contribution in [0.4, 0.5) is 5.69 Å². The highest BCUT2D eigenvalue weighted by molar-refractivity contribution is 7.18. The molecular weight excluding hydrogens is 388 g/mol. The Morgan fingerprint density at radius 1 is 1.10 bits per heavy atom. The van der Waals surface area contributed by atoms with Crippen LogP contribution < -0.4 is 0 Å². The Labute approximate surface area is 172 Å². The molecule has 1 aliphatic rings. The highest BCUT2D eigenvalue weighted by Gasteiger charge is 2.20. The summed E-state index contributed by atoms with van der Waals surface area (Å²) in [5.41, 5.74) is 1.84. The van der Waals surface area contributed by atoms with Crippen molar-refractivity contribution in [2.75, 3.05) is 26.2 Å². The van der Waals surface area contributed by atoms with Gasteiger partial charge in [0.1, 0.15) is 5.01 Å². The molecule has 1 fully saturated rings. The van der Waals surface area contributed by atoms with Crippen LogP contribution in [0.25, 0.3) is 16.3 Å². The molecule has 29 heavy (non-hydrogen) atoms. The molecule has 2 aromatic carbocycles. The van der Waals surface area contributed by atoms with Crippen LogP contribution in [-0.2, 0) is 11.3 Å². The zero-order chi connectivity index (χ0) is 20.2. The first-order valence-corrected chi connectivity index (χ1v) is 10.2. The van der Waals surface area contributed by atoms with Gasteiger partial charge in [-0.2, -0.15) is 0 Å². The van der Waals surface area contributed by atoms with E-state index in [-0.39, 0.29) is 11.6 Å². The molecule has 148 valence electrons. The summed E-state index contributed by atoms with van der Waals surface area (Å²) in [5, 5.41) is 11.8. The van der Waals surface area contributed by atoms with E-state index in [9.17, 15) is 14.9 Å². The fourth-order valence-electron chi connectivity index (χ4n) is 3.29. The van der Waals surface area contributed by atoms with Gasteiger partial charge in [0.15, 0.2) is 0 Å². The molecule has 0 radical (unpaired) electrons. The average Bonchev–Trinajstić information content (AvgIpc) is 3.15. The number of thiazole rings is 1. The first-order chi connectivity index (χ1) is 14.1. The monoisotopic (exact) mass is 408 g/mol. The van der Waals surface area contributed by atoms with Crippen LogP contribution in [0.1, 0.15) is 10.6 Å². The Bertz CT molecular complexity index is 1020. The van der Waals surface area contributed by atoms with Crippen LogP contribution in [0.2, 0.25) is 0 Å². The minimum atomic E-state index is -0.438. The summed E-state index contributed by atoms with van der Waals surface area (Å²) in [6.07, 6.45) is 3.23. The van der Waals surface area contributed by atoms with Crippen LogP contribution in [0.3, 0.4) is 0 Å². The van der Waals surface area contributed by atoms with Crippen molar-refractivity contribution in [1.82, 2.24) is 14.8 Å². The zero-order valence-corrected chi connectivity index (χ0v) is 16.5. The number of fused-ring (bicyclic) bond motifs is 1. The number of nitrogens with zero attached hydrogens (tertiary/aromatic N) is 4. The number of para-hydroxylation sites is 1. The van der Waals surface area contributed by atoms with Gasteiger partial charge in [-0.15, -0.1) is 11.3 Å². The van der Waals surface area contributed by atoms with E-state index in [1.807, 2.05) is 23.1 Å². The molecule has 4 rings (SSSR count). The Balaban J connectivity index is 1.29. The van der Waals surface area contributed by atoms with Gasteiger partial charge in [-0.05, 0) is 35.9 Å². The summed E-state index contributed by atoms with van der Waals surface area (Å²) in [4.78, 5) is 31.5. The Morgan fingerprint density at radius 2 is 1.83 bits per heavy atom. The number of rotatable bonds is 5. The van der Waals surface area contributed by atoms with E-state index in [4.69, 9.17) is 0 Å². The van der Waals surface area contributed by atoms with E-state index in [0.717, 1.165) is 35.7 Å². The van der Waals surface area contributed by atoms with Crippen LogP contribution >= 0.6 is 11.3 Å². The highest BCUT2D eigenvalue weighted by atomic mass is 32.1. The fraction of sp³-hybridized carbons (Fsp3) is 0.238. The molecule has 0 saturated carbocycles. The molecule has 0 N–H and O–H groups in total. The fourth-order valence-corrected chi connectivity index (χ4v) is 4.30. The van der Waals surface area contributed by atoms with E-state index >= 15 is 0 Å². The summed E-state index contributed by atoms with van der Waals surface area (Å²) in [5.74, 6) is -0.0389. The zero-order valence-electron chi connectivity index (χ0n) is 15.7. The lowest BCUT2D eigenvalue weighted by molar-refractivity contribution is -0.384. The maximum absolute atomic E-state index is 12.4. The molecule has 0 aliphatic carbocycles. The molecule has 1 amide bonds. The normalized spacial score (nSPS) is 15.2. The number of nitro groups is 1. The summed E-state index contributed by atoms with van der Waals surface area (Å²) < 4.78 is 1.20. The largest absolute Gasteiger partial charge is 0.337 e. The van der Waals surface area contributed by atoms with Gasteiger partial charge in [-0.1, -0.05) is 12.1 Å². The SMILES string of the molecule is O=C(C=Cc1ccc([N+](=O)[O-])cc1)N1CCN(Cc2nc3ccccc3s2)CC1. The number of benzene rings is 2. The Morgan fingerprint density at radius 3 is 2.52 bits per heavy atom. The second-order valence-electron chi connectivity index (χ2n) is 6.86. The minimum absolute atomic E-state index is 0.0389. The number of hydrogen-bond acceptors (Lipinski definition) is 6. The third kappa shape index (κ3) is 4.67. The quantitative estimate of drug-likeness (QED) is 0.366. The first kappa shape index (κ1) is 19.2. The Kier molecular flexibility index (Phi) is 5.64. The number of amides is 1. The molecule has 1 aromatic heterocycles. The van der Waals surface area contributed by atoms with Crippen LogP contribution in [0, 0.1) is 10.1 Å². The predicted molar refractivity (Wildman–Crippen MR) is 114 cm³/mol. The van der Waals surface area contributed by atoms with E-state index < -0.39 is 4.92 Å². The van der Waals surface area contributed by atoms with Crippen molar-refractivity contribution in [3.8, 4) is 0 Å².